The molecule has 160 valence electrons. The van der Waals surface area contributed by atoms with E-state index in [1.807, 2.05) is 6.07 Å². The number of hydrogen-bond donors (Lipinski definition) is 2. The van der Waals surface area contributed by atoms with Crippen LogP contribution in [0.4, 0.5) is 17.1 Å². The lowest BCUT2D eigenvalue weighted by atomic mass is 10.0. The summed E-state index contributed by atoms with van der Waals surface area (Å²) in [6, 6.07) is 12.6. The van der Waals surface area contributed by atoms with Crippen LogP contribution in [0.15, 0.2) is 52.9 Å². The summed E-state index contributed by atoms with van der Waals surface area (Å²) in [5, 5.41) is 17.0. The molecule has 0 unspecified atom stereocenters. The first-order chi connectivity index (χ1) is 15.0. The van der Waals surface area contributed by atoms with Gasteiger partial charge in [-0.25, -0.2) is 0 Å². The van der Waals surface area contributed by atoms with Crippen LogP contribution in [0.25, 0.3) is 11.0 Å². The van der Waals surface area contributed by atoms with Gasteiger partial charge in [0.05, 0.1) is 4.92 Å². The first-order valence-electron chi connectivity index (χ1n) is 10.4. The van der Waals surface area contributed by atoms with Gasteiger partial charge in [0, 0.05) is 29.6 Å². The number of nitrogens with zero attached hydrogens (tertiary/aromatic N) is 1. The quantitative estimate of drug-likeness (QED) is 0.386. The maximum Gasteiger partial charge on any atom is 0.293 e. The average Bonchev–Trinajstić information content (AvgIpc) is 3.41. The standard InChI is InChI=1S/C23H23N3O5/c27-20(14-9-15-5-1-2-6-15)25-21-18-7-3-4-8-19(18)31-22(21)23(28)24-16-10-12-17(13-11-16)26(29)30/h3-4,7-8,10-13,15H,1-2,5-6,9,14H2,(H,24,28)(H,25,27). The summed E-state index contributed by atoms with van der Waals surface area (Å²) >= 11 is 0. The maximum atomic E-state index is 12.9. The van der Waals surface area contributed by atoms with Gasteiger partial charge in [-0.15, -0.1) is 0 Å². The minimum Gasteiger partial charge on any atom is -0.449 e. The Hall–Kier alpha value is -3.68. The van der Waals surface area contributed by atoms with Gasteiger partial charge in [-0.2, -0.15) is 0 Å². The van der Waals surface area contributed by atoms with Crippen LogP contribution in [0.3, 0.4) is 0 Å². The van der Waals surface area contributed by atoms with E-state index in [4.69, 9.17) is 4.42 Å². The zero-order chi connectivity index (χ0) is 21.8. The fraction of sp³-hybridized carbons (Fsp3) is 0.304. The van der Waals surface area contributed by atoms with Crippen LogP contribution < -0.4 is 10.6 Å². The highest BCUT2D eigenvalue weighted by atomic mass is 16.6. The summed E-state index contributed by atoms with van der Waals surface area (Å²) in [6.07, 6.45) is 6.03. The van der Waals surface area contributed by atoms with Crippen molar-refractivity contribution in [2.45, 2.75) is 38.5 Å². The average molecular weight is 421 g/mol. The van der Waals surface area contributed by atoms with Crippen LogP contribution >= 0.6 is 0 Å². The molecule has 0 atom stereocenters. The van der Waals surface area contributed by atoms with Crippen LogP contribution in [0.2, 0.25) is 0 Å². The van der Waals surface area contributed by atoms with Crippen LogP contribution in [-0.4, -0.2) is 16.7 Å². The van der Waals surface area contributed by atoms with Crippen LogP contribution in [0.1, 0.15) is 49.1 Å². The number of non-ortho nitro benzene ring substituents is 1. The molecule has 0 saturated heterocycles. The molecule has 0 aliphatic heterocycles. The number of benzene rings is 2. The SMILES string of the molecule is O=C(CCC1CCCC1)Nc1c(C(=O)Nc2ccc([N+](=O)[O-])cc2)oc2ccccc12. The molecular formula is C23H23N3O5. The lowest BCUT2D eigenvalue weighted by molar-refractivity contribution is -0.384. The number of amides is 2. The number of nitro groups is 1. The van der Waals surface area contributed by atoms with Gasteiger partial charge < -0.3 is 15.1 Å². The fourth-order valence-electron chi connectivity index (χ4n) is 4.02. The molecule has 1 heterocycles. The number of carbonyl (C=O) groups excluding carboxylic acids is 2. The van der Waals surface area contributed by atoms with Gasteiger partial charge in [-0.3, -0.25) is 19.7 Å². The Balaban J connectivity index is 1.53. The second-order valence-electron chi connectivity index (χ2n) is 7.80. The molecular weight excluding hydrogens is 398 g/mol. The number of fused-ring (bicyclic) bond motifs is 1. The molecule has 2 aromatic carbocycles. The van der Waals surface area contributed by atoms with Crippen LogP contribution in [0, 0.1) is 16.0 Å². The maximum absolute atomic E-state index is 12.9. The van der Waals surface area contributed by atoms with E-state index in [1.165, 1.54) is 49.9 Å². The third kappa shape index (κ3) is 4.74. The molecule has 2 amide bonds. The Morgan fingerprint density at radius 1 is 1.03 bits per heavy atom. The number of nitro benzene ring substituents is 1. The van der Waals surface area contributed by atoms with Gasteiger partial charge in [-0.05, 0) is 36.6 Å². The number of hydrogen-bond acceptors (Lipinski definition) is 5. The Kier molecular flexibility index (Phi) is 5.97. The molecule has 0 spiro atoms. The first kappa shape index (κ1) is 20.6. The van der Waals surface area contributed by atoms with E-state index in [0.717, 1.165) is 6.42 Å². The zero-order valence-electron chi connectivity index (χ0n) is 16.9. The Bertz CT molecular complexity index is 1110. The molecule has 2 N–H and O–H groups in total. The largest absolute Gasteiger partial charge is 0.449 e. The van der Waals surface area contributed by atoms with E-state index < -0.39 is 10.8 Å². The van der Waals surface area contributed by atoms with Gasteiger partial charge in [0.25, 0.3) is 11.6 Å². The third-order valence-electron chi connectivity index (χ3n) is 5.66. The second-order valence-corrected chi connectivity index (χ2v) is 7.80. The third-order valence-corrected chi connectivity index (χ3v) is 5.66. The number of carbonyl (C=O) groups is 2. The minimum atomic E-state index is -0.545. The molecule has 1 aromatic heterocycles. The van der Waals surface area contributed by atoms with Gasteiger partial charge in [-0.1, -0.05) is 37.8 Å². The Morgan fingerprint density at radius 2 is 1.74 bits per heavy atom. The summed E-state index contributed by atoms with van der Waals surface area (Å²) < 4.78 is 5.74. The summed E-state index contributed by atoms with van der Waals surface area (Å²) in [6.45, 7) is 0. The van der Waals surface area contributed by atoms with Gasteiger partial charge >= 0.3 is 0 Å². The lowest BCUT2D eigenvalue weighted by Crippen LogP contribution is -2.17. The summed E-state index contributed by atoms with van der Waals surface area (Å²) in [5.41, 5.74) is 1.14. The van der Waals surface area contributed by atoms with E-state index in [1.54, 1.807) is 18.2 Å². The second kappa shape index (κ2) is 8.99. The predicted molar refractivity (Wildman–Crippen MR) is 117 cm³/mol. The Labute approximate surface area is 178 Å². The molecule has 1 aliphatic carbocycles. The van der Waals surface area contributed by atoms with E-state index in [9.17, 15) is 19.7 Å². The monoisotopic (exact) mass is 421 g/mol. The van der Waals surface area contributed by atoms with E-state index in [0.29, 0.717) is 34.7 Å². The van der Waals surface area contributed by atoms with Crippen molar-refractivity contribution in [1.82, 2.24) is 0 Å². The first-order valence-corrected chi connectivity index (χ1v) is 10.4. The number of anilines is 2. The Morgan fingerprint density at radius 3 is 2.45 bits per heavy atom. The smallest absolute Gasteiger partial charge is 0.293 e. The topological polar surface area (TPSA) is 114 Å². The predicted octanol–water partition coefficient (Wildman–Crippen LogP) is 5.50. The van der Waals surface area contributed by atoms with Gasteiger partial charge in [0.15, 0.2) is 0 Å². The molecule has 0 bridgehead atoms. The fourth-order valence-corrected chi connectivity index (χ4v) is 4.02. The zero-order valence-corrected chi connectivity index (χ0v) is 16.9. The molecule has 1 fully saturated rings. The molecule has 8 nitrogen and oxygen atoms in total. The van der Waals surface area contributed by atoms with Crippen molar-refractivity contribution in [3.63, 3.8) is 0 Å². The van der Waals surface area contributed by atoms with Crippen molar-refractivity contribution in [3.05, 3.63) is 64.4 Å². The number of para-hydroxylation sites is 1. The van der Waals surface area contributed by atoms with Crippen LogP contribution in [0.5, 0.6) is 0 Å². The van der Waals surface area contributed by atoms with E-state index in [2.05, 4.69) is 10.6 Å². The number of rotatable bonds is 7. The van der Waals surface area contributed by atoms with Crippen LogP contribution in [-0.2, 0) is 4.79 Å². The van der Waals surface area contributed by atoms with E-state index in [-0.39, 0.29) is 17.4 Å². The highest BCUT2D eigenvalue weighted by Crippen LogP contribution is 2.33. The van der Waals surface area contributed by atoms with Gasteiger partial charge in [0.2, 0.25) is 11.7 Å². The molecule has 3 aromatic rings. The minimum absolute atomic E-state index is 0.00577. The molecule has 1 saturated carbocycles. The van der Waals surface area contributed by atoms with Crippen molar-refractivity contribution in [3.8, 4) is 0 Å². The normalized spacial score (nSPS) is 13.9. The number of nitrogens with one attached hydrogen (secondary N) is 2. The summed E-state index contributed by atoms with van der Waals surface area (Å²) in [5.74, 6) is -0.107. The van der Waals surface area contributed by atoms with E-state index >= 15 is 0 Å². The van der Waals surface area contributed by atoms with Crippen molar-refractivity contribution in [1.29, 1.82) is 0 Å². The summed E-state index contributed by atoms with van der Waals surface area (Å²) in [7, 11) is 0. The van der Waals surface area contributed by atoms with Gasteiger partial charge in [0.1, 0.15) is 11.3 Å². The molecule has 31 heavy (non-hydrogen) atoms. The van der Waals surface area contributed by atoms with Crippen molar-refractivity contribution < 1.29 is 18.9 Å². The number of furan rings is 1. The van der Waals surface area contributed by atoms with Crippen molar-refractivity contribution in [2.75, 3.05) is 10.6 Å². The highest BCUT2D eigenvalue weighted by molar-refractivity contribution is 6.14. The highest BCUT2D eigenvalue weighted by Gasteiger charge is 2.23. The lowest BCUT2D eigenvalue weighted by Gasteiger charge is -2.10. The molecule has 4 rings (SSSR count). The summed E-state index contributed by atoms with van der Waals surface area (Å²) in [4.78, 5) is 35.8. The molecule has 1 aliphatic rings. The van der Waals surface area contributed by atoms with Crippen molar-refractivity contribution >= 4 is 39.8 Å². The molecule has 0 radical (unpaired) electrons. The van der Waals surface area contributed by atoms with Crippen molar-refractivity contribution in [2.24, 2.45) is 5.92 Å². The molecule has 8 heteroatoms.